The Kier molecular flexibility index (Phi) is 9.31. The highest BCUT2D eigenvalue weighted by Gasteiger charge is 2.20. The lowest BCUT2D eigenvalue weighted by Gasteiger charge is -2.28. The van der Waals surface area contributed by atoms with Gasteiger partial charge in [-0.05, 0) is 49.3 Å². The molecule has 1 aromatic rings. The SMILES string of the molecule is CCCCC[C@H]1CC[C@H](CCCCc2ccc(OCC)cc2)CC1. The minimum atomic E-state index is 0.750. The van der Waals surface area contributed by atoms with E-state index in [4.69, 9.17) is 4.74 Å². The van der Waals surface area contributed by atoms with Gasteiger partial charge in [0.2, 0.25) is 0 Å². The molecule has 0 heterocycles. The molecule has 0 saturated heterocycles. The van der Waals surface area contributed by atoms with Crippen LogP contribution in [0.1, 0.15) is 90.0 Å². The molecule has 1 nitrogen and oxygen atoms in total. The molecule has 1 fully saturated rings. The molecule has 0 aromatic heterocycles. The van der Waals surface area contributed by atoms with Crippen molar-refractivity contribution in [3.05, 3.63) is 29.8 Å². The van der Waals surface area contributed by atoms with Crippen LogP contribution in [0.25, 0.3) is 0 Å². The van der Waals surface area contributed by atoms with Crippen molar-refractivity contribution in [1.82, 2.24) is 0 Å². The Hall–Kier alpha value is -0.980. The van der Waals surface area contributed by atoms with Gasteiger partial charge >= 0.3 is 0 Å². The summed E-state index contributed by atoms with van der Waals surface area (Å²) < 4.78 is 5.51. The number of ether oxygens (including phenoxy) is 1. The lowest BCUT2D eigenvalue weighted by Crippen LogP contribution is -2.14. The fourth-order valence-corrected chi connectivity index (χ4v) is 4.17. The first-order valence-electron chi connectivity index (χ1n) is 10.5. The molecule has 1 heteroatoms. The van der Waals surface area contributed by atoms with Crippen molar-refractivity contribution in [3.8, 4) is 5.75 Å². The summed E-state index contributed by atoms with van der Waals surface area (Å²) in [5.41, 5.74) is 1.46. The minimum Gasteiger partial charge on any atom is -0.494 e. The molecule has 0 unspecified atom stereocenters. The third-order valence-corrected chi connectivity index (χ3v) is 5.74. The van der Waals surface area contributed by atoms with Gasteiger partial charge in [-0.25, -0.2) is 0 Å². The second-order valence-corrected chi connectivity index (χ2v) is 7.71. The van der Waals surface area contributed by atoms with Gasteiger partial charge in [-0.1, -0.05) is 83.3 Å². The second-order valence-electron chi connectivity index (χ2n) is 7.71. The molecular formula is C23H38O. The molecule has 0 amide bonds. The Balaban J connectivity index is 1.53. The molecule has 1 aromatic carbocycles. The molecule has 0 bridgehead atoms. The van der Waals surface area contributed by atoms with Crippen LogP contribution in [0, 0.1) is 11.8 Å². The van der Waals surface area contributed by atoms with E-state index in [1.54, 1.807) is 0 Å². The van der Waals surface area contributed by atoms with E-state index < -0.39 is 0 Å². The predicted octanol–water partition coefficient (Wildman–Crippen LogP) is 7.18. The predicted molar refractivity (Wildman–Crippen MR) is 105 cm³/mol. The van der Waals surface area contributed by atoms with Crippen LogP contribution in [0.2, 0.25) is 0 Å². The Morgan fingerprint density at radius 2 is 1.38 bits per heavy atom. The van der Waals surface area contributed by atoms with Crippen molar-refractivity contribution in [2.75, 3.05) is 6.61 Å². The van der Waals surface area contributed by atoms with E-state index in [0.717, 1.165) is 24.2 Å². The fraction of sp³-hybridized carbons (Fsp3) is 0.739. The van der Waals surface area contributed by atoms with Gasteiger partial charge in [-0.3, -0.25) is 0 Å². The van der Waals surface area contributed by atoms with Crippen LogP contribution in [-0.4, -0.2) is 6.61 Å². The molecule has 1 aliphatic carbocycles. The maximum Gasteiger partial charge on any atom is 0.119 e. The maximum absolute atomic E-state index is 5.51. The van der Waals surface area contributed by atoms with Crippen LogP contribution in [-0.2, 0) is 6.42 Å². The molecule has 1 aliphatic rings. The molecular weight excluding hydrogens is 292 g/mol. The summed E-state index contributed by atoms with van der Waals surface area (Å²) in [6.07, 6.45) is 17.2. The zero-order valence-corrected chi connectivity index (χ0v) is 16.1. The monoisotopic (exact) mass is 330 g/mol. The first kappa shape index (κ1) is 19.3. The lowest BCUT2D eigenvalue weighted by atomic mass is 9.78. The quantitative estimate of drug-likeness (QED) is 0.390. The van der Waals surface area contributed by atoms with Crippen molar-refractivity contribution in [3.63, 3.8) is 0 Å². The normalized spacial score (nSPS) is 20.9. The van der Waals surface area contributed by atoms with E-state index in [1.165, 1.54) is 82.6 Å². The zero-order chi connectivity index (χ0) is 17.0. The van der Waals surface area contributed by atoms with Crippen LogP contribution in [0.15, 0.2) is 24.3 Å². The Morgan fingerprint density at radius 3 is 1.92 bits per heavy atom. The van der Waals surface area contributed by atoms with Crippen LogP contribution >= 0.6 is 0 Å². The average Bonchev–Trinajstić information content (AvgIpc) is 2.62. The third kappa shape index (κ3) is 7.28. The average molecular weight is 331 g/mol. The van der Waals surface area contributed by atoms with Crippen LogP contribution in [0.5, 0.6) is 5.75 Å². The number of benzene rings is 1. The van der Waals surface area contributed by atoms with Gasteiger partial charge in [0.1, 0.15) is 5.75 Å². The summed E-state index contributed by atoms with van der Waals surface area (Å²) in [4.78, 5) is 0. The van der Waals surface area contributed by atoms with Crippen molar-refractivity contribution < 1.29 is 4.74 Å². The highest BCUT2D eigenvalue weighted by molar-refractivity contribution is 5.27. The van der Waals surface area contributed by atoms with Gasteiger partial charge in [0, 0.05) is 0 Å². The summed E-state index contributed by atoms with van der Waals surface area (Å²) in [6, 6.07) is 8.68. The number of rotatable bonds is 11. The van der Waals surface area contributed by atoms with E-state index in [9.17, 15) is 0 Å². The van der Waals surface area contributed by atoms with Gasteiger partial charge in [-0.2, -0.15) is 0 Å². The molecule has 0 spiro atoms. The maximum atomic E-state index is 5.51. The first-order valence-corrected chi connectivity index (χ1v) is 10.5. The molecule has 2 rings (SSSR count). The number of hydrogen-bond acceptors (Lipinski definition) is 1. The number of aryl methyl sites for hydroxylation is 1. The summed E-state index contributed by atoms with van der Waals surface area (Å²) in [5, 5.41) is 0. The molecule has 24 heavy (non-hydrogen) atoms. The second kappa shape index (κ2) is 11.6. The summed E-state index contributed by atoms with van der Waals surface area (Å²) in [7, 11) is 0. The van der Waals surface area contributed by atoms with E-state index in [2.05, 4.69) is 31.2 Å². The van der Waals surface area contributed by atoms with E-state index in [0.29, 0.717) is 0 Å². The lowest BCUT2D eigenvalue weighted by molar-refractivity contribution is 0.245. The Morgan fingerprint density at radius 1 is 0.792 bits per heavy atom. The molecule has 1 saturated carbocycles. The molecule has 0 N–H and O–H groups in total. The smallest absolute Gasteiger partial charge is 0.119 e. The van der Waals surface area contributed by atoms with Gasteiger partial charge in [0.05, 0.1) is 6.61 Å². The Labute approximate surface area is 150 Å². The molecule has 0 radical (unpaired) electrons. The highest BCUT2D eigenvalue weighted by atomic mass is 16.5. The van der Waals surface area contributed by atoms with Crippen LogP contribution in [0.4, 0.5) is 0 Å². The highest BCUT2D eigenvalue weighted by Crippen LogP contribution is 2.34. The first-order chi connectivity index (χ1) is 11.8. The van der Waals surface area contributed by atoms with Gasteiger partial charge in [0.25, 0.3) is 0 Å². The minimum absolute atomic E-state index is 0.750. The van der Waals surface area contributed by atoms with Gasteiger partial charge in [-0.15, -0.1) is 0 Å². The topological polar surface area (TPSA) is 9.23 Å². The molecule has 0 aliphatic heterocycles. The van der Waals surface area contributed by atoms with E-state index >= 15 is 0 Å². The number of hydrogen-bond donors (Lipinski definition) is 0. The van der Waals surface area contributed by atoms with Crippen molar-refractivity contribution in [2.45, 2.75) is 90.9 Å². The number of unbranched alkanes of at least 4 members (excludes halogenated alkanes) is 3. The van der Waals surface area contributed by atoms with Crippen LogP contribution < -0.4 is 4.74 Å². The van der Waals surface area contributed by atoms with Gasteiger partial charge in [0.15, 0.2) is 0 Å². The van der Waals surface area contributed by atoms with Gasteiger partial charge < -0.3 is 4.74 Å². The van der Waals surface area contributed by atoms with Crippen LogP contribution in [0.3, 0.4) is 0 Å². The summed E-state index contributed by atoms with van der Waals surface area (Å²) in [6.45, 7) is 5.09. The van der Waals surface area contributed by atoms with Crippen molar-refractivity contribution in [2.24, 2.45) is 11.8 Å². The van der Waals surface area contributed by atoms with Crippen molar-refractivity contribution in [1.29, 1.82) is 0 Å². The largest absolute Gasteiger partial charge is 0.494 e. The Bertz CT molecular complexity index is 414. The van der Waals surface area contributed by atoms with E-state index in [-0.39, 0.29) is 0 Å². The standard InChI is InChI=1S/C23H38O/c1-3-5-6-9-20-12-14-21(15-13-20)10-7-8-11-22-16-18-23(19-17-22)24-4-2/h16-21H,3-15H2,1-2H3/t20-,21-. The third-order valence-electron chi connectivity index (χ3n) is 5.74. The molecule has 0 atom stereocenters. The molecule has 136 valence electrons. The fourth-order valence-electron chi connectivity index (χ4n) is 4.17. The van der Waals surface area contributed by atoms with Crippen molar-refractivity contribution >= 4 is 0 Å². The zero-order valence-electron chi connectivity index (χ0n) is 16.1. The summed E-state index contributed by atoms with van der Waals surface area (Å²) in [5.74, 6) is 3.07. The summed E-state index contributed by atoms with van der Waals surface area (Å²) >= 11 is 0. The van der Waals surface area contributed by atoms with E-state index in [1.807, 2.05) is 6.92 Å².